The molecule has 11 N–H and O–H groups in total. The summed E-state index contributed by atoms with van der Waals surface area (Å²) in [5, 5.41) is 56.0. The van der Waals surface area contributed by atoms with Gasteiger partial charge in [0.25, 0.3) is 5.56 Å². The van der Waals surface area contributed by atoms with Gasteiger partial charge in [0, 0.05) is 12.3 Å². The molecule has 0 bridgehead atoms. The molecular weight excluding hydrogens is 713 g/mol. The summed E-state index contributed by atoms with van der Waals surface area (Å²) >= 11 is 2.86. The topological polar surface area (TPSA) is 362 Å². The van der Waals surface area contributed by atoms with Crippen molar-refractivity contribution in [2.75, 3.05) is 6.61 Å². The molecule has 1 aromatic rings. The van der Waals surface area contributed by atoms with Crippen LogP contribution >= 0.6 is 39.4 Å². The minimum Gasteiger partial charge on any atom is -0.387 e. The fourth-order valence-corrected chi connectivity index (χ4v) is 6.21. The number of nitrogens with zero attached hydrogens (tertiary/aromatic N) is 1. The number of carbonyl (C=O) groups is 1. The van der Waals surface area contributed by atoms with Crippen LogP contribution in [0.2, 0.25) is 0 Å². The minimum absolute atomic E-state index is 0.0818. The molecule has 26 heteroatoms. The fraction of sp³-hybridized carbons (Fsp3) is 0.562. The molecule has 1 saturated heterocycles. The molecule has 2 rings (SSSR count). The van der Waals surface area contributed by atoms with Crippen LogP contribution in [0.25, 0.3) is 0 Å². The van der Waals surface area contributed by atoms with Crippen molar-refractivity contribution < 1.29 is 86.6 Å². The Labute approximate surface area is 241 Å². The molecule has 42 heavy (non-hydrogen) atoms. The van der Waals surface area contributed by atoms with E-state index in [1.165, 1.54) is 4.99 Å². The summed E-state index contributed by atoms with van der Waals surface area (Å²) in [6.07, 6.45) is -10.8. The number of H-pyrrole nitrogens is 1. The number of hydrogen-bond acceptors (Lipinski definition) is 16. The van der Waals surface area contributed by atoms with Crippen LogP contribution < -0.4 is 11.2 Å². The summed E-state index contributed by atoms with van der Waals surface area (Å²) in [4.78, 5) is 71.2. The first-order chi connectivity index (χ1) is 19.1. The lowest BCUT2D eigenvalue weighted by Gasteiger charge is -2.21. The van der Waals surface area contributed by atoms with Crippen LogP contribution in [0.3, 0.4) is 0 Å². The third kappa shape index (κ3) is 12.4. The maximum absolute atomic E-state index is 11.7. The second-order valence-electron chi connectivity index (χ2n) is 7.87. The van der Waals surface area contributed by atoms with Crippen molar-refractivity contribution in [1.82, 2.24) is 9.55 Å². The zero-order valence-corrected chi connectivity index (χ0v) is 24.7. The highest BCUT2D eigenvalue weighted by molar-refractivity contribution is 9.11. The number of ether oxygens (including phenoxy) is 1. The predicted octanol–water partition coefficient (Wildman–Crippen LogP) is -3.96. The molecule has 242 valence electrons. The number of aromatic nitrogens is 2. The van der Waals surface area contributed by atoms with Crippen molar-refractivity contribution in [3.8, 4) is 0 Å². The summed E-state index contributed by atoms with van der Waals surface area (Å²) in [6, 6.07) is 0.920. The van der Waals surface area contributed by atoms with Gasteiger partial charge in [-0.3, -0.25) is 18.9 Å². The number of aldehydes is 1. The van der Waals surface area contributed by atoms with Crippen molar-refractivity contribution in [1.29, 1.82) is 0 Å². The molecule has 0 radical (unpaired) electrons. The number of aliphatic hydroxyl groups excluding tert-OH is 6. The minimum atomic E-state index is -5.73. The zero-order valence-electron chi connectivity index (χ0n) is 20.4. The van der Waals surface area contributed by atoms with Gasteiger partial charge in [0.15, 0.2) is 12.5 Å². The molecule has 1 aromatic heterocycles. The Morgan fingerprint density at radius 2 is 1.55 bits per heavy atom. The number of phosphoric ester groups is 1. The highest BCUT2D eigenvalue weighted by atomic mass is 79.9. The van der Waals surface area contributed by atoms with Crippen molar-refractivity contribution >= 4 is 45.7 Å². The Morgan fingerprint density at radius 3 is 2.05 bits per heavy atom. The number of carbonyl (C=O) groups excluding carboxylic acids is 1. The second-order valence-corrected chi connectivity index (χ2v) is 12.8. The first kappa shape index (κ1) is 38.7. The molecule has 0 aliphatic carbocycles. The average molecular weight is 739 g/mol. The molecule has 22 nitrogen and oxygen atoms in total. The van der Waals surface area contributed by atoms with Crippen LogP contribution in [0.1, 0.15) is 6.23 Å². The lowest BCUT2D eigenvalue weighted by Crippen LogP contribution is -2.44. The molecule has 6 unspecified atom stereocenters. The van der Waals surface area contributed by atoms with E-state index in [1.54, 1.807) is 0 Å². The first-order valence-corrected chi connectivity index (χ1v) is 16.1. The summed E-state index contributed by atoms with van der Waals surface area (Å²) in [5.74, 6) is 0. The van der Waals surface area contributed by atoms with E-state index in [1.807, 2.05) is 4.98 Å². The number of halogens is 1. The van der Waals surface area contributed by atoms with Gasteiger partial charge in [-0.15, -0.1) is 0 Å². The third-order valence-electron chi connectivity index (χ3n) is 4.74. The molecule has 0 saturated carbocycles. The van der Waals surface area contributed by atoms with Gasteiger partial charge < -0.3 is 59.7 Å². The van der Waals surface area contributed by atoms with Crippen LogP contribution in [0.15, 0.2) is 32.9 Å². The maximum atomic E-state index is 11.7. The quantitative estimate of drug-likeness (QED) is 0.0679. The van der Waals surface area contributed by atoms with E-state index in [9.17, 15) is 43.2 Å². The Kier molecular flexibility index (Phi) is 14.9. The largest absolute Gasteiger partial charge is 0.490 e. The van der Waals surface area contributed by atoms with E-state index < -0.39 is 90.3 Å². The highest BCUT2D eigenvalue weighted by Crippen LogP contribution is 2.66. The molecule has 0 spiro atoms. The van der Waals surface area contributed by atoms with Gasteiger partial charge in [0.05, 0.1) is 6.61 Å². The van der Waals surface area contributed by atoms with Crippen LogP contribution in [0, 0.1) is 0 Å². The SMILES string of the molecule is O=CC(O)C(O)C(O)C(O)/C=C/Br.O=c1ccn([C@@H]2O[C@H](COP(=O)(O)OP(=O)(O)OP(=O)(O)O)[C@@H](O)[C@H]2O)c(=O)[nH]1. The van der Waals surface area contributed by atoms with Crippen molar-refractivity contribution in [3.05, 3.63) is 44.2 Å². The van der Waals surface area contributed by atoms with E-state index in [-0.39, 0.29) is 6.29 Å². The molecule has 2 heterocycles. The van der Waals surface area contributed by atoms with Crippen molar-refractivity contribution in [2.45, 2.75) is 49.0 Å². The van der Waals surface area contributed by atoms with Crippen LogP contribution in [0.4, 0.5) is 0 Å². The van der Waals surface area contributed by atoms with Gasteiger partial charge in [-0.25, -0.2) is 18.5 Å². The number of rotatable bonds is 13. The molecular formula is C16H26BrN2O20P3. The van der Waals surface area contributed by atoms with Crippen LogP contribution in [-0.2, 0) is 36.4 Å². The van der Waals surface area contributed by atoms with Crippen LogP contribution in [-0.4, -0.2) is 115 Å². The molecule has 1 aliphatic heterocycles. The number of aliphatic hydroxyl groups is 6. The standard InChI is InChI=1S/C9H15N2O15P3.C7H11BrO5/c12-5-1-2-11(9(15)10-5)8-7(14)6(13)4(24-8)3-23-28(19,20)26-29(21,22)25-27(16,17)18;8-2-1-4(10)6(12)7(13)5(11)3-9/h1-2,4,6-8,13-14H,3H2,(H,19,20)(H,21,22)(H,10,12,15)(H2,16,17,18);1-7,10-13H/b;2-1+/t4-,6-,7-,8-;/m1./s1. The monoisotopic (exact) mass is 738 g/mol. The first-order valence-electron chi connectivity index (χ1n) is 10.7. The Morgan fingerprint density at radius 1 is 0.976 bits per heavy atom. The van der Waals surface area contributed by atoms with Gasteiger partial charge in [0.1, 0.15) is 42.7 Å². The lowest BCUT2D eigenvalue weighted by atomic mass is 10.0. The van der Waals surface area contributed by atoms with Crippen LogP contribution in [0.5, 0.6) is 0 Å². The van der Waals surface area contributed by atoms with Gasteiger partial charge >= 0.3 is 29.2 Å². The van der Waals surface area contributed by atoms with Gasteiger partial charge in [-0.1, -0.05) is 15.9 Å². The van der Waals surface area contributed by atoms with Crippen molar-refractivity contribution in [2.24, 2.45) is 0 Å². The average Bonchev–Trinajstić information content (AvgIpc) is 3.13. The summed E-state index contributed by atoms with van der Waals surface area (Å²) in [5.41, 5.74) is -1.74. The fourth-order valence-electron chi connectivity index (χ4n) is 2.87. The molecule has 1 fully saturated rings. The van der Waals surface area contributed by atoms with E-state index >= 15 is 0 Å². The highest BCUT2D eigenvalue weighted by Gasteiger charge is 2.46. The zero-order chi connectivity index (χ0) is 32.6. The summed E-state index contributed by atoms with van der Waals surface area (Å²) < 4.78 is 50.6. The number of aromatic amines is 1. The molecule has 1 aliphatic rings. The predicted molar refractivity (Wildman–Crippen MR) is 135 cm³/mol. The van der Waals surface area contributed by atoms with E-state index in [4.69, 9.17) is 39.8 Å². The van der Waals surface area contributed by atoms with Crippen molar-refractivity contribution in [3.63, 3.8) is 0 Å². The normalized spacial score (nSPS) is 26.7. The van der Waals surface area contributed by atoms with Gasteiger partial charge in [-0.05, 0) is 11.1 Å². The van der Waals surface area contributed by atoms with Gasteiger partial charge in [-0.2, -0.15) is 8.62 Å². The van der Waals surface area contributed by atoms with E-state index in [2.05, 4.69) is 29.1 Å². The third-order valence-corrected chi connectivity index (χ3v) is 8.85. The smallest absolute Gasteiger partial charge is 0.387 e. The molecule has 10 atom stereocenters. The molecule has 0 amide bonds. The Hall–Kier alpha value is -1.30. The maximum Gasteiger partial charge on any atom is 0.490 e. The lowest BCUT2D eigenvalue weighted by molar-refractivity contribution is -0.130. The molecule has 0 aromatic carbocycles. The van der Waals surface area contributed by atoms with Gasteiger partial charge in [0.2, 0.25) is 0 Å². The Balaban J connectivity index is 0.000000572. The van der Waals surface area contributed by atoms with E-state index in [0.717, 1.165) is 18.3 Å². The summed E-state index contributed by atoms with van der Waals surface area (Å²) in [6.45, 7) is -1.05. The number of hydrogen-bond donors (Lipinski definition) is 11. The number of nitrogens with one attached hydrogen (secondary N) is 1. The second kappa shape index (κ2) is 16.1. The summed E-state index contributed by atoms with van der Waals surface area (Å²) in [7, 11) is -16.8. The Bertz CT molecular complexity index is 1330. The van der Waals surface area contributed by atoms with E-state index in [0.29, 0.717) is 4.57 Å². The number of phosphoric acid groups is 3.